The summed E-state index contributed by atoms with van der Waals surface area (Å²) in [6, 6.07) is 4.97. The first-order chi connectivity index (χ1) is 9.01. The van der Waals surface area contributed by atoms with Gasteiger partial charge in [0.25, 0.3) is 5.91 Å². The van der Waals surface area contributed by atoms with E-state index in [1.165, 1.54) is 7.05 Å². The summed E-state index contributed by atoms with van der Waals surface area (Å²) in [5.74, 6) is -0.586. The molecule has 0 atom stereocenters. The van der Waals surface area contributed by atoms with Crippen LogP contribution in [0.2, 0.25) is 0 Å². The van der Waals surface area contributed by atoms with Gasteiger partial charge in [-0.15, -0.1) is 6.58 Å². The molecule has 0 saturated heterocycles. The van der Waals surface area contributed by atoms with Crippen LogP contribution in [-0.4, -0.2) is 40.8 Å². The molecule has 1 aromatic carbocycles. The fourth-order valence-corrected chi connectivity index (χ4v) is 1.75. The van der Waals surface area contributed by atoms with Gasteiger partial charge in [0.1, 0.15) is 0 Å². The van der Waals surface area contributed by atoms with Crippen molar-refractivity contribution >= 4 is 12.0 Å². The van der Waals surface area contributed by atoms with Crippen molar-refractivity contribution in [1.82, 2.24) is 4.90 Å². The first-order valence-electron chi connectivity index (χ1n) is 5.85. The summed E-state index contributed by atoms with van der Waals surface area (Å²) in [6.45, 7) is 3.62. The van der Waals surface area contributed by atoms with Gasteiger partial charge in [0.2, 0.25) is 0 Å². The van der Waals surface area contributed by atoms with E-state index in [0.717, 1.165) is 11.1 Å². The van der Waals surface area contributed by atoms with Gasteiger partial charge in [-0.3, -0.25) is 4.79 Å². The minimum atomic E-state index is -1.30. The van der Waals surface area contributed by atoms with Crippen LogP contribution >= 0.6 is 0 Å². The number of benzene rings is 1. The van der Waals surface area contributed by atoms with Crippen molar-refractivity contribution in [1.29, 1.82) is 0 Å². The van der Waals surface area contributed by atoms with Gasteiger partial charge in [0.05, 0.1) is 0 Å². The van der Waals surface area contributed by atoms with Gasteiger partial charge in [0.15, 0.2) is 0 Å². The smallest absolute Gasteiger partial charge is 0.414 e. The zero-order valence-electron chi connectivity index (χ0n) is 10.8. The second-order valence-electron chi connectivity index (χ2n) is 4.10. The zero-order chi connectivity index (χ0) is 14.4. The molecular formula is C14H17NO4. The molecule has 0 bridgehead atoms. The van der Waals surface area contributed by atoms with Crippen LogP contribution in [0, 0.1) is 0 Å². The first kappa shape index (κ1) is 14.9. The molecule has 2 N–H and O–H groups in total. The molecule has 102 valence electrons. The average molecular weight is 263 g/mol. The van der Waals surface area contributed by atoms with E-state index < -0.39 is 12.0 Å². The topological polar surface area (TPSA) is 77.8 Å². The second kappa shape index (κ2) is 6.70. The Morgan fingerprint density at radius 2 is 2.05 bits per heavy atom. The highest BCUT2D eigenvalue weighted by molar-refractivity contribution is 6.02. The molecule has 1 rings (SSSR count). The highest BCUT2D eigenvalue weighted by Gasteiger charge is 2.18. The number of imide groups is 1. The minimum absolute atomic E-state index is 0.0312. The quantitative estimate of drug-likeness (QED) is 0.793. The van der Waals surface area contributed by atoms with Gasteiger partial charge in [-0.05, 0) is 36.1 Å². The van der Waals surface area contributed by atoms with Gasteiger partial charge >= 0.3 is 6.09 Å². The highest BCUT2D eigenvalue weighted by Crippen LogP contribution is 2.15. The summed E-state index contributed by atoms with van der Waals surface area (Å²) in [6.07, 6.45) is 1.49. The maximum atomic E-state index is 11.9. The third-order valence-electron chi connectivity index (χ3n) is 2.79. The molecule has 0 unspecified atom stereocenters. The van der Waals surface area contributed by atoms with E-state index in [1.54, 1.807) is 24.3 Å². The number of hydrogen-bond donors (Lipinski definition) is 2. The second-order valence-corrected chi connectivity index (χ2v) is 4.10. The number of carbonyl (C=O) groups is 2. The maximum absolute atomic E-state index is 11.9. The van der Waals surface area contributed by atoms with E-state index in [4.69, 9.17) is 10.2 Å². The molecule has 0 aliphatic heterocycles. The number of allylic oxidation sites excluding steroid dienone is 1. The number of carbonyl (C=O) groups excluding carboxylic acids is 1. The third kappa shape index (κ3) is 3.66. The number of hydrogen-bond acceptors (Lipinski definition) is 3. The molecule has 0 radical (unpaired) electrons. The molecule has 1 aromatic rings. The molecule has 0 aliphatic carbocycles. The van der Waals surface area contributed by atoms with Gasteiger partial charge in [0, 0.05) is 19.2 Å². The van der Waals surface area contributed by atoms with Crippen molar-refractivity contribution in [2.45, 2.75) is 12.8 Å². The van der Waals surface area contributed by atoms with Crippen LogP contribution in [0.5, 0.6) is 0 Å². The Morgan fingerprint density at radius 3 is 2.58 bits per heavy atom. The summed E-state index contributed by atoms with van der Waals surface area (Å²) in [7, 11) is 1.20. The van der Waals surface area contributed by atoms with E-state index in [0.29, 0.717) is 23.3 Å². The van der Waals surface area contributed by atoms with Crippen molar-refractivity contribution in [3.63, 3.8) is 0 Å². The summed E-state index contributed by atoms with van der Waals surface area (Å²) in [5, 5.41) is 17.8. The standard InChI is InChI=1S/C14H17NO4/c1-3-4-10-5-6-12(9-11(10)7-8-16)13(17)15(2)14(18)19/h3,5-6,9,16H,1,4,7-8H2,2H3,(H,18,19). The Bertz CT molecular complexity index is 496. The Kier molecular flexibility index (Phi) is 5.26. The molecule has 0 spiro atoms. The lowest BCUT2D eigenvalue weighted by Crippen LogP contribution is -2.31. The predicted octanol–water partition coefficient (Wildman–Crippen LogP) is 1.70. The first-order valence-corrected chi connectivity index (χ1v) is 5.85. The molecule has 5 heteroatoms. The summed E-state index contributed by atoms with van der Waals surface area (Å²) in [5.41, 5.74) is 2.09. The number of aliphatic hydroxyl groups is 1. The molecule has 0 fully saturated rings. The van der Waals surface area contributed by atoms with Gasteiger partial charge in [-0.25, -0.2) is 9.69 Å². The van der Waals surface area contributed by atoms with Crippen molar-refractivity contribution < 1.29 is 19.8 Å². The Labute approximate surface area is 111 Å². The van der Waals surface area contributed by atoms with Crippen LogP contribution in [0.15, 0.2) is 30.9 Å². The van der Waals surface area contributed by atoms with Crippen LogP contribution in [-0.2, 0) is 12.8 Å². The van der Waals surface area contributed by atoms with E-state index in [2.05, 4.69) is 6.58 Å². The zero-order valence-corrected chi connectivity index (χ0v) is 10.8. The highest BCUT2D eigenvalue weighted by atomic mass is 16.4. The van der Waals surface area contributed by atoms with Gasteiger partial charge in [-0.2, -0.15) is 0 Å². The van der Waals surface area contributed by atoms with E-state index >= 15 is 0 Å². The van der Waals surface area contributed by atoms with Crippen molar-refractivity contribution in [2.75, 3.05) is 13.7 Å². The normalized spacial score (nSPS) is 10.0. The number of aliphatic hydroxyl groups excluding tert-OH is 1. The Balaban J connectivity index is 3.10. The van der Waals surface area contributed by atoms with Crippen LogP contribution < -0.4 is 0 Å². The molecular weight excluding hydrogens is 246 g/mol. The lowest BCUT2D eigenvalue weighted by Gasteiger charge is -2.13. The summed E-state index contributed by atoms with van der Waals surface area (Å²) >= 11 is 0. The molecule has 2 amide bonds. The minimum Gasteiger partial charge on any atom is -0.465 e. The van der Waals surface area contributed by atoms with E-state index in [-0.39, 0.29) is 6.61 Å². The Hall–Kier alpha value is -2.14. The third-order valence-corrected chi connectivity index (χ3v) is 2.79. The SMILES string of the molecule is C=CCc1ccc(C(=O)N(C)C(=O)O)cc1CCO. The maximum Gasteiger partial charge on any atom is 0.414 e. The molecule has 0 aromatic heterocycles. The number of amides is 2. The van der Waals surface area contributed by atoms with Crippen molar-refractivity contribution in [3.05, 3.63) is 47.5 Å². The number of carboxylic acid groups (broad SMARTS) is 1. The van der Waals surface area contributed by atoms with Crippen LogP contribution in [0.1, 0.15) is 21.5 Å². The average Bonchev–Trinajstić information content (AvgIpc) is 2.39. The Morgan fingerprint density at radius 1 is 1.37 bits per heavy atom. The largest absolute Gasteiger partial charge is 0.465 e. The van der Waals surface area contributed by atoms with Gasteiger partial charge in [-0.1, -0.05) is 12.1 Å². The summed E-state index contributed by atoms with van der Waals surface area (Å²) < 4.78 is 0. The fourth-order valence-electron chi connectivity index (χ4n) is 1.75. The summed E-state index contributed by atoms with van der Waals surface area (Å²) in [4.78, 5) is 23.3. The van der Waals surface area contributed by atoms with Gasteiger partial charge < -0.3 is 10.2 Å². The van der Waals surface area contributed by atoms with Crippen molar-refractivity contribution in [3.8, 4) is 0 Å². The predicted molar refractivity (Wildman–Crippen MR) is 71.3 cm³/mol. The van der Waals surface area contributed by atoms with Crippen LogP contribution in [0.3, 0.4) is 0 Å². The van der Waals surface area contributed by atoms with E-state index in [9.17, 15) is 9.59 Å². The van der Waals surface area contributed by atoms with Crippen LogP contribution in [0.25, 0.3) is 0 Å². The lowest BCUT2D eigenvalue weighted by atomic mass is 9.98. The van der Waals surface area contributed by atoms with E-state index in [1.807, 2.05) is 0 Å². The van der Waals surface area contributed by atoms with Crippen molar-refractivity contribution in [2.24, 2.45) is 0 Å². The van der Waals surface area contributed by atoms with Crippen LogP contribution in [0.4, 0.5) is 4.79 Å². The lowest BCUT2D eigenvalue weighted by molar-refractivity contribution is 0.0781. The molecule has 0 saturated carbocycles. The molecule has 0 aliphatic rings. The molecule has 5 nitrogen and oxygen atoms in total. The number of rotatable bonds is 5. The number of nitrogens with zero attached hydrogens (tertiary/aromatic N) is 1. The molecule has 0 heterocycles. The fraction of sp³-hybridized carbons (Fsp3) is 0.286. The molecule has 19 heavy (non-hydrogen) atoms. The monoisotopic (exact) mass is 263 g/mol.